The van der Waals surface area contributed by atoms with Gasteiger partial charge in [-0.05, 0) is 96.3 Å². The van der Waals surface area contributed by atoms with Crippen molar-refractivity contribution in [1.29, 1.82) is 0 Å². The number of quaternary nitrogens is 1. The maximum Gasteiger partial charge on any atom is 0.306 e. The van der Waals surface area contributed by atoms with E-state index in [2.05, 4.69) is 111 Å². The Morgan fingerprint density at radius 3 is 0.860 bits per heavy atom. The van der Waals surface area contributed by atoms with E-state index in [0.29, 0.717) is 17.4 Å². The molecule has 0 aromatic heterocycles. The minimum absolute atomic E-state index is 0.0320. The summed E-state index contributed by atoms with van der Waals surface area (Å²) in [5, 5.41) is 0. The Kier molecular flexibility index (Phi) is 77.6. The van der Waals surface area contributed by atoms with Crippen LogP contribution in [-0.2, 0) is 32.7 Å². The lowest BCUT2D eigenvalue weighted by atomic mass is 10.0. The summed E-state index contributed by atoms with van der Waals surface area (Å²) in [5.41, 5.74) is 0. The van der Waals surface area contributed by atoms with Crippen LogP contribution in [0.5, 0.6) is 0 Å². The number of likely N-dealkylation sites (N-methyl/N-ethyl adjacent to an activating group) is 1. The number of ether oxygens (including phenoxy) is 2. The number of esters is 2. The largest absolute Gasteiger partial charge is 0.756 e. The van der Waals surface area contributed by atoms with Gasteiger partial charge < -0.3 is 27.9 Å². The van der Waals surface area contributed by atoms with Crippen molar-refractivity contribution in [3.63, 3.8) is 0 Å². The van der Waals surface area contributed by atoms with Crippen LogP contribution in [0.25, 0.3) is 0 Å². The first kappa shape index (κ1) is 96.9. The van der Waals surface area contributed by atoms with Crippen molar-refractivity contribution < 1.29 is 42.1 Å². The van der Waals surface area contributed by atoms with Gasteiger partial charge in [0.2, 0.25) is 0 Å². The Morgan fingerprint density at radius 1 is 0.320 bits per heavy atom. The molecule has 0 aliphatic carbocycles. The van der Waals surface area contributed by atoms with E-state index < -0.39 is 26.5 Å². The van der Waals surface area contributed by atoms with E-state index in [9.17, 15) is 19.0 Å². The van der Waals surface area contributed by atoms with E-state index in [1.807, 2.05) is 21.1 Å². The molecule has 0 aliphatic heterocycles. The molecule has 0 aromatic carbocycles. The van der Waals surface area contributed by atoms with Crippen molar-refractivity contribution in [2.24, 2.45) is 0 Å². The smallest absolute Gasteiger partial charge is 0.306 e. The fourth-order valence-electron chi connectivity index (χ4n) is 12.6. The van der Waals surface area contributed by atoms with Crippen LogP contribution in [-0.4, -0.2) is 70.0 Å². The highest BCUT2D eigenvalue weighted by Gasteiger charge is 2.22. The lowest BCUT2D eigenvalue weighted by Crippen LogP contribution is -2.37. The van der Waals surface area contributed by atoms with Gasteiger partial charge in [0.05, 0.1) is 27.7 Å². The number of nitrogens with zero attached hydrogens (tertiary/aromatic N) is 1. The molecule has 0 saturated heterocycles. The molecule has 10 heteroatoms. The normalized spacial score (nSPS) is 13.5. The van der Waals surface area contributed by atoms with Crippen molar-refractivity contribution in [3.8, 4) is 0 Å². The molecule has 0 spiro atoms. The number of phosphoric ester groups is 1. The number of hydrogen-bond donors (Lipinski definition) is 0. The zero-order valence-electron chi connectivity index (χ0n) is 66.6. The van der Waals surface area contributed by atoms with E-state index in [-0.39, 0.29) is 32.0 Å². The molecule has 0 bridgehead atoms. The second-order valence-corrected chi connectivity index (χ2v) is 31.6. The Labute approximate surface area is 621 Å². The maximum atomic E-state index is 12.9. The first-order valence-electron chi connectivity index (χ1n) is 42.9. The van der Waals surface area contributed by atoms with Crippen LogP contribution in [0.3, 0.4) is 0 Å². The fourth-order valence-corrected chi connectivity index (χ4v) is 13.3. The molecule has 0 saturated carbocycles. The highest BCUT2D eigenvalue weighted by molar-refractivity contribution is 7.45. The van der Waals surface area contributed by atoms with Crippen molar-refractivity contribution >= 4 is 19.8 Å². The van der Waals surface area contributed by atoms with Crippen molar-refractivity contribution in [2.75, 3.05) is 47.5 Å². The molecule has 0 radical (unpaired) electrons. The van der Waals surface area contributed by atoms with Gasteiger partial charge in [-0.2, -0.15) is 0 Å². The number of unbranched alkanes of at least 4 members (excludes halogenated alkanes) is 50. The van der Waals surface area contributed by atoms with Crippen LogP contribution in [0, 0.1) is 0 Å². The molecule has 2 unspecified atom stereocenters. The van der Waals surface area contributed by atoms with Gasteiger partial charge in [-0.3, -0.25) is 14.2 Å². The zero-order valence-corrected chi connectivity index (χ0v) is 67.5. The number of hydrogen-bond acceptors (Lipinski definition) is 8. The minimum Gasteiger partial charge on any atom is -0.756 e. The van der Waals surface area contributed by atoms with E-state index in [4.69, 9.17) is 18.5 Å². The minimum atomic E-state index is -4.65. The van der Waals surface area contributed by atoms with Crippen LogP contribution >= 0.6 is 7.82 Å². The lowest BCUT2D eigenvalue weighted by Gasteiger charge is -2.28. The summed E-state index contributed by atoms with van der Waals surface area (Å²) in [4.78, 5) is 38.2. The van der Waals surface area contributed by atoms with E-state index in [0.717, 1.165) is 83.5 Å². The second-order valence-electron chi connectivity index (χ2n) is 30.2. The fraction of sp³-hybridized carbons (Fsp3) is 0.800. The molecular weight excluding hydrogens is 1250 g/mol. The van der Waals surface area contributed by atoms with Crippen LogP contribution in [0.2, 0.25) is 0 Å². The summed E-state index contributed by atoms with van der Waals surface area (Å²) in [5.74, 6) is -0.819. The van der Waals surface area contributed by atoms with Crippen molar-refractivity contribution in [1.82, 2.24) is 0 Å². The summed E-state index contributed by atoms with van der Waals surface area (Å²) in [6, 6.07) is 0. The maximum absolute atomic E-state index is 12.9. The summed E-state index contributed by atoms with van der Waals surface area (Å²) < 4.78 is 34.5. The second kappa shape index (κ2) is 80.0. The van der Waals surface area contributed by atoms with Gasteiger partial charge in [0.1, 0.15) is 19.8 Å². The van der Waals surface area contributed by atoms with E-state index >= 15 is 0 Å². The predicted octanol–water partition coefficient (Wildman–Crippen LogP) is 28.3. The molecule has 0 aromatic rings. The molecule has 0 heterocycles. The Hall–Kier alpha value is -3.07. The molecule has 0 amide bonds. The van der Waals surface area contributed by atoms with Gasteiger partial charge in [-0.25, -0.2) is 0 Å². The van der Waals surface area contributed by atoms with Gasteiger partial charge in [-0.15, -0.1) is 0 Å². The van der Waals surface area contributed by atoms with Gasteiger partial charge in [0.25, 0.3) is 7.82 Å². The molecule has 582 valence electrons. The highest BCUT2D eigenvalue weighted by Crippen LogP contribution is 2.38. The summed E-state index contributed by atoms with van der Waals surface area (Å²) >= 11 is 0. The van der Waals surface area contributed by atoms with Gasteiger partial charge in [0.15, 0.2) is 6.10 Å². The Morgan fingerprint density at radius 2 is 0.570 bits per heavy atom. The van der Waals surface area contributed by atoms with Crippen LogP contribution < -0.4 is 4.89 Å². The highest BCUT2D eigenvalue weighted by atomic mass is 31.2. The third-order valence-electron chi connectivity index (χ3n) is 19.1. The summed E-state index contributed by atoms with van der Waals surface area (Å²) in [6.07, 6.45) is 113. The van der Waals surface area contributed by atoms with Crippen molar-refractivity contribution in [2.45, 2.75) is 418 Å². The van der Waals surface area contributed by atoms with E-state index in [1.54, 1.807) is 0 Å². The van der Waals surface area contributed by atoms with Gasteiger partial charge in [0, 0.05) is 12.8 Å². The molecule has 9 nitrogen and oxygen atoms in total. The molecule has 0 fully saturated rings. The first-order valence-corrected chi connectivity index (χ1v) is 44.4. The third-order valence-corrected chi connectivity index (χ3v) is 20.1. The topological polar surface area (TPSA) is 111 Å². The van der Waals surface area contributed by atoms with Crippen LogP contribution in [0.4, 0.5) is 0 Å². The van der Waals surface area contributed by atoms with Crippen molar-refractivity contribution in [3.05, 3.63) is 97.2 Å². The number of phosphoric acid groups is 1. The monoisotopic (exact) mass is 1420 g/mol. The number of rotatable bonds is 80. The molecule has 0 N–H and O–H groups in total. The Bertz CT molecular complexity index is 2010. The molecule has 100 heavy (non-hydrogen) atoms. The summed E-state index contributed by atoms with van der Waals surface area (Å²) in [7, 11) is 1.18. The van der Waals surface area contributed by atoms with Crippen LogP contribution in [0.15, 0.2) is 97.2 Å². The SMILES string of the molecule is CC/C=C\C/C=C\C/C=C\C/C=C\C/C=C\C/C=C\C/C=C\CCCCCCCCCCCCCCCC(=O)OC(COC(=O)CCCCCCCCCCCCCCCCCCCCCCCCCCCCCCC/C=C\CCCCCCCCCC)COP(=O)([O-])OCC[N+](C)(C)C. The molecule has 0 rings (SSSR count). The average molecular weight is 1420 g/mol. The molecule has 2 atom stereocenters. The molecule has 0 aliphatic rings. The Balaban J connectivity index is 3.90. The molecular formula is C90H164NO8P. The van der Waals surface area contributed by atoms with Crippen LogP contribution in [0.1, 0.15) is 412 Å². The quantitative estimate of drug-likeness (QED) is 0.0195. The number of carbonyl (C=O) groups is 2. The number of carbonyl (C=O) groups excluding carboxylic acids is 2. The van der Waals surface area contributed by atoms with Gasteiger partial charge in [-0.1, -0.05) is 400 Å². The number of allylic oxidation sites excluding steroid dienone is 16. The van der Waals surface area contributed by atoms with Gasteiger partial charge >= 0.3 is 11.9 Å². The lowest BCUT2D eigenvalue weighted by molar-refractivity contribution is -0.870. The standard InChI is InChI=1S/C90H164NO8P/c1-6-8-10-12-14-16-18-20-22-24-26-28-30-32-34-36-38-40-42-43-44-45-46-47-49-50-52-54-56-58-60-62-64-66-68-70-72-74-76-78-80-82-89(92)96-86-88(87-98-100(94,95)97-85-84-91(3,4)5)99-90(93)83-81-79-77-75-73-71-69-67-65-63-61-59-57-55-53-51-48-41-39-37-35-33-31-29-27-25-23-21-19-17-15-13-11-9-7-2/h9,11,15,17,21,23-24,26-27,29,33,35,39,41,51,53,88H,6-8,10,12-14,16,18-20,22,25,28,30-32,34,36-38,40,42-50,52,54-87H2,1-5H3/b11-9-,17-15-,23-21-,26-24-,29-27-,35-33-,41-39-,53-51-. The zero-order chi connectivity index (χ0) is 72.5. The predicted molar refractivity (Wildman–Crippen MR) is 434 cm³/mol. The van der Waals surface area contributed by atoms with E-state index in [1.165, 1.54) is 295 Å². The summed E-state index contributed by atoms with van der Waals surface area (Å²) in [6.45, 7) is 4.18. The first-order chi connectivity index (χ1) is 49.0. The third kappa shape index (κ3) is 83.9. The average Bonchev–Trinajstić information content (AvgIpc) is 1.65.